The van der Waals surface area contributed by atoms with Gasteiger partial charge < -0.3 is 51.4 Å². The number of aliphatic hydroxyl groups excluding tert-OH is 2. The number of aromatic nitrogens is 4. The first kappa shape index (κ1) is 42.1. The molecule has 0 bridgehead atoms. The van der Waals surface area contributed by atoms with Crippen molar-refractivity contribution in [2.24, 2.45) is 0 Å². The molecule has 58 heavy (non-hydrogen) atoms. The van der Waals surface area contributed by atoms with Crippen LogP contribution in [0.1, 0.15) is 62.1 Å². The Morgan fingerprint density at radius 3 is 2.19 bits per heavy atom. The molecule has 0 unspecified atom stereocenters. The van der Waals surface area contributed by atoms with Crippen LogP contribution < -0.4 is 31.5 Å². The summed E-state index contributed by atoms with van der Waals surface area (Å²) in [5, 5.41) is 45.0. The second-order valence-corrected chi connectivity index (χ2v) is 14.6. The number of carboxylic acid groups (broad SMARTS) is 1. The zero-order valence-electron chi connectivity index (χ0n) is 31.9. The summed E-state index contributed by atoms with van der Waals surface area (Å²) in [6, 6.07) is 19.6. The molecule has 19 heteroatoms. The van der Waals surface area contributed by atoms with E-state index in [0.29, 0.717) is 49.0 Å². The molecule has 2 saturated heterocycles. The number of aliphatic hydroxyl groups is 2. The highest BCUT2D eigenvalue weighted by atomic mass is 19.4. The van der Waals surface area contributed by atoms with Crippen molar-refractivity contribution in [3.8, 4) is 0 Å². The molecule has 7 rings (SSSR count). The lowest BCUT2D eigenvalue weighted by atomic mass is 9.88. The summed E-state index contributed by atoms with van der Waals surface area (Å²) in [6.07, 6.45) is -2.67. The molecule has 312 valence electrons. The highest BCUT2D eigenvalue weighted by Crippen LogP contribution is 2.35. The number of aliphatic carboxylic acids is 1. The summed E-state index contributed by atoms with van der Waals surface area (Å²) in [7, 11) is 0. The third-order valence-electron chi connectivity index (χ3n) is 10.7. The number of alkyl halides is 3. The molecule has 0 spiro atoms. The Morgan fingerprint density at radius 1 is 0.931 bits per heavy atom. The predicted molar refractivity (Wildman–Crippen MR) is 208 cm³/mol. The summed E-state index contributed by atoms with van der Waals surface area (Å²) < 4.78 is 33.5. The Kier molecular flexibility index (Phi) is 13.7. The molecule has 8 N–H and O–H groups in total. The van der Waals surface area contributed by atoms with E-state index < -0.39 is 36.4 Å². The lowest BCUT2D eigenvalue weighted by Crippen LogP contribution is -2.47. The number of halogens is 3. The van der Waals surface area contributed by atoms with Gasteiger partial charge in [-0.25, -0.2) is 14.6 Å². The van der Waals surface area contributed by atoms with Gasteiger partial charge in [0.2, 0.25) is 11.9 Å². The second kappa shape index (κ2) is 18.8. The fraction of sp³-hybridized carbons (Fsp3) is 0.487. The SMILES string of the molecule is CCC(=O)N[C@H]1C[C@@H](n2cnc3c(NCCC(c4ccccc4)c4ccccc4)nc(N4CC[C@@H](NC(=O)N[C@@H]5CCNC5)C4)nc32)[C@H](O)[C@@H]1O.O=C(O)C(F)(F)F. The number of urea groups is 1. The van der Waals surface area contributed by atoms with E-state index in [-0.39, 0.29) is 36.4 Å². The topological polar surface area (TPSA) is 219 Å². The monoisotopic (exact) mass is 810 g/mol. The van der Waals surface area contributed by atoms with Gasteiger partial charge in [-0.2, -0.15) is 23.1 Å². The quantitative estimate of drug-likeness (QED) is 0.104. The molecule has 2 aliphatic heterocycles. The summed E-state index contributed by atoms with van der Waals surface area (Å²) in [5.74, 6) is -1.72. The zero-order chi connectivity index (χ0) is 41.4. The van der Waals surface area contributed by atoms with E-state index in [2.05, 4.69) is 80.0 Å². The van der Waals surface area contributed by atoms with Crippen LogP contribution in [0.5, 0.6) is 0 Å². The minimum atomic E-state index is -5.08. The molecular weight excluding hydrogens is 761 g/mol. The summed E-state index contributed by atoms with van der Waals surface area (Å²) in [6.45, 7) is 5.21. The number of hydrogen-bond acceptors (Lipinski definition) is 11. The molecule has 0 radical (unpaired) electrons. The Morgan fingerprint density at radius 2 is 1.59 bits per heavy atom. The van der Waals surface area contributed by atoms with E-state index in [9.17, 15) is 33.0 Å². The number of carbonyl (C=O) groups is 3. The van der Waals surface area contributed by atoms with Crippen molar-refractivity contribution in [1.29, 1.82) is 0 Å². The van der Waals surface area contributed by atoms with Gasteiger partial charge in [-0.05, 0) is 43.4 Å². The number of carbonyl (C=O) groups excluding carboxylic acids is 2. The van der Waals surface area contributed by atoms with Gasteiger partial charge in [-0.1, -0.05) is 67.6 Å². The predicted octanol–water partition coefficient (Wildman–Crippen LogP) is 2.89. The third-order valence-corrected chi connectivity index (χ3v) is 10.7. The van der Waals surface area contributed by atoms with Crippen molar-refractivity contribution in [2.75, 3.05) is 42.9 Å². The molecule has 2 aromatic carbocycles. The van der Waals surface area contributed by atoms with Crippen LogP contribution in [0.4, 0.5) is 29.7 Å². The molecule has 3 amide bonds. The number of benzene rings is 2. The van der Waals surface area contributed by atoms with E-state index in [1.807, 2.05) is 12.1 Å². The Hall–Kier alpha value is -5.53. The van der Waals surface area contributed by atoms with Gasteiger partial charge in [-0.3, -0.25) is 4.79 Å². The minimum Gasteiger partial charge on any atom is -0.475 e. The largest absolute Gasteiger partial charge is 0.490 e. The zero-order valence-corrected chi connectivity index (χ0v) is 31.9. The van der Waals surface area contributed by atoms with Gasteiger partial charge in [-0.15, -0.1) is 0 Å². The van der Waals surface area contributed by atoms with Gasteiger partial charge in [0.1, 0.15) is 12.2 Å². The maximum absolute atomic E-state index is 12.7. The van der Waals surface area contributed by atoms with E-state index in [4.69, 9.17) is 24.9 Å². The minimum absolute atomic E-state index is 0.0766. The molecule has 3 aliphatic rings. The van der Waals surface area contributed by atoms with E-state index >= 15 is 0 Å². The van der Waals surface area contributed by atoms with Crippen molar-refractivity contribution in [3.05, 3.63) is 78.1 Å². The number of imidazole rings is 1. The van der Waals surface area contributed by atoms with E-state index in [1.165, 1.54) is 11.1 Å². The van der Waals surface area contributed by atoms with Crippen LogP contribution in [0.3, 0.4) is 0 Å². The number of carboxylic acids is 1. The van der Waals surface area contributed by atoms with Crippen molar-refractivity contribution < 1.29 is 42.9 Å². The van der Waals surface area contributed by atoms with Crippen LogP contribution in [0.15, 0.2) is 67.0 Å². The fourth-order valence-electron chi connectivity index (χ4n) is 7.63. The van der Waals surface area contributed by atoms with Crippen molar-refractivity contribution in [2.45, 2.75) is 87.5 Å². The van der Waals surface area contributed by atoms with E-state index in [1.54, 1.807) is 17.8 Å². The lowest BCUT2D eigenvalue weighted by Gasteiger charge is -2.22. The van der Waals surface area contributed by atoms with Crippen LogP contribution in [0.25, 0.3) is 11.2 Å². The summed E-state index contributed by atoms with van der Waals surface area (Å²) in [4.78, 5) is 50.6. The third kappa shape index (κ3) is 10.3. The maximum atomic E-state index is 12.7. The Bertz CT molecular complexity index is 1960. The van der Waals surface area contributed by atoms with Gasteiger partial charge in [0.05, 0.1) is 18.4 Å². The number of nitrogens with zero attached hydrogens (tertiary/aromatic N) is 5. The molecule has 6 atom stereocenters. The Balaban J connectivity index is 0.000000743. The van der Waals surface area contributed by atoms with Gasteiger partial charge in [0.25, 0.3) is 0 Å². The van der Waals surface area contributed by atoms with Crippen LogP contribution in [-0.4, -0.2) is 122 Å². The average molecular weight is 811 g/mol. The van der Waals surface area contributed by atoms with Crippen molar-refractivity contribution >= 4 is 40.8 Å². The number of hydrogen-bond donors (Lipinski definition) is 8. The van der Waals surface area contributed by atoms with Crippen molar-refractivity contribution in [3.63, 3.8) is 0 Å². The first-order valence-corrected chi connectivity index (χ1v) is 19.4. The molecule has 16 nitrogen and oxygen atoms in total. The molecular formula is C39H49F3N10O6. The molecule has 3 fully saturated rings. The first-order valence-electron chi connectivity index (χ1n) is 19.4. The van der Waals surface area contributed by atoms with E-state index in [0.717, 1.165) is 32.4 Å². The van der Waals surface area contributed by atoms with Crippen LogP contribution in [0, 0.1) is 0 Å². The van der Waals surface area contributed by atoms with Crippen LogP contribution in [-0.2, 0) is 9.59 Å². The molecule has 2 aromatic heterocycles. The molecule has 4 aromatic rings. The molecule has 1 saturated carbocycles. The normalized spacial score (nSPS) is 23.1. The molecule has 1 aliphatic carbocycles. The van der Waals surface area contributed by atoms with Crippen LogP contribution >= 0.6 is 0 Å². The number of anilines is 2. The number of fused-ring (bicyclic) bond motifs is 1. The van der Waals surface area contributed by atoms with Gasteiger partial charge in [0, 0.05) is 50.6 Å². The smallest absolute Gasteiger partial charge is 0.475 e. The first-order chi connectivity index (χ1) is 27.8. The standard InChI is InChI=1S/C37H48N10O4.C2HF3O2/c1-2-30(48)43-28-19-29(33(50)32(28)49)47-22-40-31-34(39-17-14-27(23-9-5-3-6-10-23)24-11-7-4-8-12-24)44-36(45-35(31)47)46-18-15-26(21-46)42-37(51)41-25-13-16-38-20-25;3-2(4,5)1(6)7/h3-12,22,25-29,32-33,38,49-50H,2,13-21H2,1H3,(H,43,48)(H,39,44,45)(H2,41,42,51);(H,6,7)/t25-,26-,28+,29-,32-,33+;/m1./s1. The maximum Gasteiger partial charge on any atom is 0.490 e. The molecule has 4 heterocycles. The highest BCUT2D eigenvalue weighted by Gasteiger charge is 2.44. The van der Waals surface area contributed by atoms with Gasteiger partial charge >= 0.3 is 18.2 Å². The van der Waals surface area contributed by atoms with Crippen LogP contribution in [0.2, 0.25) is 0 Å². The lowest BCUT2D eigenvalue weighted by molar-refractivity contribution is -0.192. The van der Waals surface area contributed by atoms with Gasteiger partial charge in [0.15, 0.2) is 17.0 Å². The Labute approximate surface area is 332 Å². The number of nitrogens with one attached hydrogen (secondary N) is 5. The number of rotatable bonds is 12. The average Bonchev–Trinajstić information content (AvgIpc) is 4.03. The highest BCUT2D eigenvalue weighted by molar-refractivity contribution is 5.84. The number of amides is 3. The van der Waals surface area contributed by atoms with Crippen molar-refractivity contribution in [1.82, 2.24) is 40.8 Å². The summed E-state index contributed by atoms with van der Waals surface area (Å²) in [5.41, 5.74) is 3.53. The fourth-order valence-corrected chi connectivity index (χ4v) is 7.63. The summed E-state index contributed by atoms with van der Waals surface area (Å²) >= 11 is 0. The second-order valence-electron chi connectivity index (χ2n) is 14.6.